The smallest absolute Gasteiger partial charge is 0.310 e. The molecule has 0 saturated carbocycles. The second-order valence-corrected chi connectivity index (χ2v) is 10.3. The van der Waals surface area contributed by atoms with Crippen molar-refractivity contribution in [3.8, 4) is 0 Å². The van der Waals surface area contributed by atoms with Crippen LogP contribution in [0.15, 0.2) is 12.7 Å². The lowest BCUT2D eigenvalue weighted by Gasteiger charge is -2.41. The third kappa shape index (κ3) is 3.36. The standard InChI is InChI=1S/C22H34N2O5S/c1-6-9-23(13(3)4)20(27)18-22-14(5)12-15(30-22)16(21(28)29-7-2)17(22)19(26)24(18)10-8-11-25/h6,13-18,25H,1,7-12H2,2-5H3/t14?,15-,16+,17-,18?,22?/m0/s1. The van der Waals surface area contributed by atoms with Gasteiger partial charge in [0.2, 0.25) is 11.8 Å². The highest BCUT2D eigenvalue weighted by Gasteiger charge is 2.76. The normalized spacial score (nSPS) is 34.4. The molecule has 3 aliphatic heterocycles. The van der Waals surface area contributed by atoms with Gasteiger partial charge in [-0.1, -0.05) is 13.0 Å². The average molecular weight is 439 g/mol. The topological polar surface area (TPSA) is 87.2 Å². The number of ether oxygens (including phenoxy) is 1. The lowest BCUT2D eigenvalue weighted by atomic mass is 9.66. The second-order valence-electron chi connectivity index (χ2n) is 8.79. The molecule has 6 atom stereocenters. The van der Waals surface area contributed by atoms with Gasteiger partial charge in [0.05, 0.1) is 23.2 Å². The molecule has 1 spiro atoms. The fraction of sp³-hybridized carbons (Fsp3) is 0.773. The summed E-state index contributed by atoms with van der Waals surface area (Å²) in [5.74, 6) is -1.52. The minimum atomic E-state index is -0.645. The maximum Gasteiger partial charge on any atom is 0.310 e. The molecule has 0 aromatic heterocycles. The number of likely N-dealkylation sites (tertiary alicyclic amines) is 1. The van der Waals surface area contributed by atoms with Gasteiger partial charge in [0.15, 0.2) is 0 Å². The van der Waals surface area contributed by atoms with Gasteiger partial charge in [0, 0.05) is 31.0 Å². The Labute approximate surface area is 183 Å². The van der Waals surface area contributed by atoms with Gasteiger partial charge in [-0.25, -0.2) is 0 Å². The maximum absolute atomic E-state index is 13.9. The highest BCUT2D eigenvalue weighted by Crippen LogP contribution is 2.68. The average Bonchev–Trinajstić information content (AvgIpc) is 3.28. The zero-order valence-corrected chi connectivity index (χ0v) is 19.2. The van der Waals surface area contributed by atoms with E-state index in [9.17, 15) is 19.5 Å². The molecule has 0 aromatic rings. The van der Waals surface area contributed by atoms with Crippen LogP contribution in [0.1, 0.15) is 40.5 Å². The molecule has 3 fully saturated rings. The first-order chi connectivity index (χ1) is 14.3. The number of aliphatic hydroxyl groups is 1. The van der Waals surface area contributed by atoms with Crippen molar-refractivity contribution in [1.29, 1.82) is 0 Å². The summed E-state index contributed by atoms with van der Waals surface area (Å²) in [6.07, 6.45) is 2.89. The molecule has 30 heavy (non-hydrogen) atoms. The number of thioether (sulfide) groups is 1. The third-order valence-corrected chi connectivity index (χ3v) is 8.90. The molecule has 3 aliphatic rings. The fourth-order valence-corrected chi connectivity index (χ4v) is 8.04. The lowest BCUT2D eigenvalue weighted by molar-refractivity contribution is -0.154. The molecular weight excluding hydrogens is 404 g/mol. The van der Waals surface area contributed by atoms with Crippen molar-refractivity contribution in [3.63, 3.8) is 0 Å². The third-order valence-electron chi connectivity index (χ3n) is 6.83. The van der Waals surface area contributed by atoms with Crippen molar-refractivity contribution >= 4 is 29.5 Å². The Morgan fingerprint density at radius 2 is 2.17 bits per heavy atom. The number of hydrogen-bond donors (Lipinski definition) is 1. The molecule has 8 heteroatoms. The molecule has 0 aliphatic carbocycles. The molecule has 7 nitrogen and oxygen atoms in total. The van der Waals surface area contributed by atoms with E-state index >= 15 is 0 Å². The van der Waals surface area contributed by atoms with Crippen LogP contribution in [0.5, 0.6) is 0 Å². The molecule has 1 N–H and O–H groups in total. The number of rotatable bonds is 9. The number of carbonyl (C=O) groups is 3. The first kappa shape index (κ1) is 23.1. The van der Waals surface area contributed by atoms with Gasteiger partial charge in [-0.05, 0) is 39.5 Å². The summed E-state index contributed by atoms with van der Waals surface area (Å²) in [4.78, 5) is 43.7. The van der Waals surface area contributed by atoms with Crippen LogP contribution in [-0.2, 0) is 19.1 Å². The largest absolute Gasteiger partial charge is 0.466 e. The lowest BCUT2D eigenvalue weighted by Crippen LogP contribution is -2.58. The molecule has 3 saturated heterocycles. The van der Waals surface area contributed by atoms with Crippen LogP contribution in [0.3, 0.4) is 0 Å². The van der Waals surface area contributed by atoms with Gasteiger partial charge >= 0.3 is 5.97 Å². The van der Waals surface area contributed by atoms with Crippen molar-refractivity contribution in [2.24, 2.45) is 17.8 Å². The van der Waals surface area contributed by atoms with Gasteiger partial charge in [0.1, 0.15) is 6.04 Å². The molecule has 168 valence electrons. The Morgan fingerprint density at radius 1 is 1.47 bits per heavy atom. The van der Waals surface area contributed by atoms with Crippen molar-refractivity contribution in [3.05, 3.63) is 12.7 Å². The minimum Gasteiger partial charge on any atom is -0.466 e. The molecule has 0 aromatic carbocycles. The summed E-state index contributed by atoms with van der Waals surface area (Å²) in [7, 11) is 0. The van der Waals surface area contributed by atoms with Gasteiger partial charge in [0.25, 0.3) is 0 Å². The molecule has 3 rings (SSSR count). The van der Waals surface area contributed by atoms with Gasteiger partial charge in [-0.3, -0.25) is 14.4 Å². The SMILES string of the molecule is C=CCN(C(=O)C1N(CCCO)C(=O)[C@@H]2[C@H](C(=O)OCC)[C@@H]3CC(C)C12S3)C(C)C. The molecule has 3 unspecified atom stereocenters. The van der Waals surface area contributed by atoms with Crippen LogP contribution in [0, 0.1) is 17.8 Å². The summed E-state index contributed by atoms with van der Waals surface area (Å²) in [5, 5.41) is 9.38. The predicted octanol–water partition coefficient (Wildman–Crippen LogP) is 1.69. The van der Waals surface area contributed by atoms with Crippen LogP contribution in [0.2, 0.25) is 0 Å². The van der Waals surface area contributed by atoms with Crippen LogP contribution < -0.4 is 0 Å². The molecule has 3 heterocycles. The fourth-order valence-electron chi connectivity index (χ4n) is 5.64. The number of esters is 1. The van der Waals surface area contributed by atoms with E-state index in [0.29, 0.717) is 19.5 Å². The number of nitrogens with zero attached hydrogens (tertiary/aromatic N) is 2. The summed E-state index contributed by atoms with van der Waals surface area (Å²) in [5.41, 5.74) is 0. The zero-order chi connectivity index (χ0) is 22.2. The number of fused-ring (bicyclic) bond motifs is 1. The van der Waals surface area contributed by atoms with E-state index in [1.54, 1.807) is 34.6 Å². The van der Waals surface area contributed by atoms with E-state index in [1.165, 1.54) is 0 Å². The van der Waals surface area contributed by atoms with Gasteiger partial charge in [-0.2, -0.15) is 0 Å². The molecule has 2 bridgehead atoms. The Balaban J connectivity index is 2.07. The van der Waals surface area contributed by atoms with Crippen molar-refractivity contribution < 1.29 is 24.2 Å². The van der Waals surface area contributed by atoms with Gasteiger partial charge < -0.3 is 19.6 Å². The zero-order valence-electron chi connectivity index (χ0n) is 18.4. The Morgan fingerprint density at radius 3 is 2.73 bits per heavy atom. The van der Waals surface area contributed by atoms with E-state index in [1.807, 2.05) is 13.8 Å². The number of amides is 2. The molecule has 0 radical (unpaired) electrons. The number of aliphatic hydroxyl groups excluding tert-OH is 1. The predicted molar refractivity (Wildman–Crippen MR) is 116 cm³/mol. The Kier molecular flexibility index (Phi) is 6.87. The van der Waals surface area contributed by atoms with E-state index in [-0.39, 0.29) is 48.2 Å². The quantitative estimate of drug-likeness (QED) is 0.435. The van der Waals surface area contributed by atoms with Crippen LogP contribution in [0.25, 0.3) is 0 Å². The number of carbonyl (C=O) groups excluding carboxylic acids is 3. The van der Waals surface area contributed by atoms with Crippen molar-refractivity contribution in [2.45, 2.75) is 62.6 Å². The Bertz CT molecular complexity index is 714. The highest BCUT2D eigenvalue weighted by molar-refractivity contribution is 8.02. The Hall–Kier alpha value is -1.54. The summed E-state index contributed by atoms with van der Waals surface area (Å²) >= 11 is 1.65. The molecule has 2 amide bonds. The summed E-state index contributed by atoms with van der Waals surface area (Å²) in [6, 6.07) is -0.686. The monoisotopic (exact) mass is 438 g/mol. The number of hydrogen-bond acceptors (Lipinski definition) is 6. The van der Waals surface area contributed by atoms with E-state index in [2.05, 4.69) is 13.5 Å². The summed E-state index contributed by atoms with van der Waals surface area (Å²) < 4.78 is 4.69. The minimum absolute atomic E-state index is 0.00445. The summed E-state index contributed by atoms with van der Waals surface area (Å²) in [6.45, 7) is 12.5. The van der Waals surface area contributed by atoms with Crippen molar-refractivity contribution in [2.75, 3.05) is 26.3 Å². The van der Waals surface area contributed by atoms with E-state index < -0.39 is 22.6 Å². The highest BCUT2D eigenvalue weighted by atomic mass is 32.2. The first-order valence-corrected chi connectivity index (χ1v) is 11.8. The maximum atomic E-state index is 13.9. The van der Waals surface area contributed by atoms with Crippen LogP contribution in [-0.4, -0.2) is 81.1 Å². The van der Waals surface area contributed by atoms with Crippen LogP contribution in [0.4, 0.5) is 0 Å². The van der Waals surface area contributed by atoms with E-state index in [4.69, 9.17) is 4.74 Å². The first-order valence-electron chi connectivity index (χ1n) is 10.9. The van der Waals surface area contributed by atoms with Crippen molar-refractivity contribution in [1.82, 2.24) is 9.80 Å². The van der Waals surface area contributed by atoms with Gasteiger partial charge in [-0.15, -0.1) is 18.3 Å². The van der Waals surface area contributed by atoms with Crippen LogP contribution >= 0.6 is 11.8 Å². The second kappa shape index (κ2) is 8.91. The molecular formula is C22H34N2O5S. The van der Waals surface area contributed by atoms with E-state index in [0.717, 1.165) is 6.42 Å².